The van der Waals surface area contributed by atoms with Crippen molar-refractivity contribution in [1.82, 2.24) is 5.32 Å². The number of benzene rings is 3. The second-order valence-electron chi connectivity index (χ2n) is 8.56. The average Bonchev–Trinajstić information content (AvgIpc) is 2.90. The summed E-state index contributed by atoms with van der Waals surface area (Å²) >= 11 is 0. The molecule has 0 aliphatic heterocycles. The third-order valence-electron chi connectivity index (χ3n) is 5.39. The fourth-order valence-electron chi connectivity index (χ4n) is 3.51. The van der Waals surface area contributed by atoms with Crippen molar-refractivity contribution >= 4 is 33.2 Å². The van der Waals surface area contributed by atoms with Gasteiger partial charge in [-0.05, 0) is 42.3 Å². The summed E-state index contributed by atoms with van der Waals surface area (Å²) in [4.78, 5) is 25.9. The van der Waals surface area contributed by atoms with Gasteiger partial charge in [0, 0.05) is 12.6 Å². The first kappa shape index (κ1) is 27.5. The molecule has 0 unspecified atom stereocenters. The summed E-state index contributed by atoms with van der Waals surface area (Å²) in [6.07, 6.45) is 0. The van der Waals surface area contributed by atoms with Gasteiger partial charge in [-0.25, -0.2) is 8.42 Å². The SMILES string of the molecule is COc1ccc(N(CC(=O)Nc2ccccc2C(=O)NCC(C)C)S(=O)(=O)c2ccccc2)c(OC)c1. The van der Waals surface area contributed by atoms with E-state index in [0.29, 0.717) is 12.3 Å². The Hall–Kier alpha value is -4.05. The molecule has 0 saturated heterocycles. The molecule has 0 atom stereocenters. The van der Waals surface area contributed by atoms with Gasteiger partial charge in [-0.2, -0.15) is 0 Å². The van der Waals surface area contributed by atoms with Crippen molar-refractivity contribution in [3.63, 3.8) is 0 Å². The van der Waals surface area contributed by atoms with E-state index in [0.717, 1.165) is 4.31 Å². The zero-order valence-electron chi connectivity index (χ0n) is 21.2. The minimum atomic E-state index is -4.17. The van der Waals surface area contributed by atoms with Crippen LogP contribution in [0.1, 0.15) is 24.2 Å². The Balaban J connectivity index is 1.96. The Morgan fingerprint density at radius 3 is 2.24 bits per heavy atom. The number of carbonyl (C=O) groups excluding carboxylic acids is 2. The summed E-state index contributed by atoms with van der Waals surface area (Å²) in [5.41, 5.74) is 0.703. The van der Waals surface area contributed by atoms with Crippen LogP contribution in [0.4, 0.5) is 11.4 Å². The van der Waals surface area contributed by atoms with Crippen LogP contribution in [0.25, 0.3) is 0 Å². The Morgan fingerprint density at radius 2 is 1.59 bits per heavy atom. The first-order valence-corrected chi connectivity index (χ1v) is 13.1. The lowest BCUT2D eigenvalue weighted by Crippen LogP contribution is -2.38. The van der Waals surface area contributed by atoms with Gasteiger partial charge in [0.1, 0.15) is 18.0 Å². The Labute approximate surface area is 217 Å². The standard InChI is InChI=1S/C27H31N3O6S/c1-19(2)17-28-27(32)22-12-8-9-13-23(22)29-26(31)18-30(37(33,34)21-10-6-5-7-11-21)24-15-14-20(35-3)16-25(24)36-4/h5-16,19H,17-18H2,1-4H3,(H,28,32)(H,29,31). The molecule has 2 N–H and O–H groups in total. The summed E-state index contributed by atoms with van der Waals surface area (Å²) in [5, 5.41) is 5.52. The van der Waals surface area contributed by atoms with Crippen LogP contribution in [-0.2, 0) is 14.8 Å². The highest BCUT2D eigenvalue weighted by atomic mass is 32.2. The third kappa shape index (κ3) is 6.79. The van der Waals surface area contributed by atoms with Gasteiger partial charge in [0.05, 0.1) is 36.1 Å². The van der Waals surface area contributed by atoms with Crippen molar-refractivity contribution < 1.29 is 27.5 Å². The third-order valence-corrected chi connectivity index (χ3v) is 7.16. The molecular formula is C27H31N3O6S. The number of sulfonamides is 1. The van der Waals surface area contributed by atoms with Crippen molar-refractivity contribution in [1.29, 1.82) is 0 Å². The van der Waals surface area contributed by atoms with Gasteiger partial charge in [-0.15, -0.1) is 0 Å². The van der Waals surface area contributed by atoms with Crippen LogP contribution in [0.3, 0.4) is 0 Å². The molecule has 0 saturated carbocycles. The molecule has 2 amide bonds. The number of hydrogen-bond donors (Lipinski definition) is 2. The lowest BCUT2D eigenvalue weighted by atomic mass is 10.1. The number of para-hydroxylation sites is 1. The van der Waals surface area contributed by atoms with Gasteiger partial charge in [0.2, 0.25) is 5.91 Å². The summed E-state index contributed by atoms with van der Waals surface area (Å²) < 4.78 is 38.9. The van der Waals surface area contributed by atoms with Crippen LogP contribution in [-0.4, -0.2) is 47.5 Å². The predicted molar refractivity (Wildman–Crippen MR) is 143 cm³/mol. The van der Waals surface area contributed by atoms with Crippen molar-refractivity contribution in [2.24, 2.45) is 5.92 Å². The van der Waals surface area contributed by atoms with E-state index in [2.05, 4.69) is 10.6 Å². The molecular weight excluding hydrogens is 494 g/mol. The summed E-state index contributed by atoms with van der Waals surface area (Å²) in [5.74, 6) is -0.0535. The molecule has 3 rings (SSSR count). The van der Waals surface area contributed by atoms with Crippen LogP contribution in [0.15, 0.2) is 77.7 Å². The summed E-state index contributed by atoms with van der Waals surface area (Å²) in [6, 6.07) is 19.0. The lowest BCUT2D eigenvalue weighted by Gasteiger charge is -2.26. The van der Waals surface area contributed by atoms with Crippen molar-refractivity contribution in [3.05, 3.63) is 78.4 Å². The second-order valence-corrected chi connectivity index (χ2v) is 10.4. The molecule has 0 heterocycles. The quantitative estimate of drug-likeness (QED) is 0.392. The highest BCUT2D eigenvalue weighted by Crippen LogP contribution is 2.35. The van der Waals surface area contributed by atoms with Crippen LogP contribution < -0.4 is 24.4 Å². The number of anilines is 2. The zero-order chi connectivity index (χ0) is 27.0. The van der Waals surface area contributed by atoms with Crippen molar-refractivity contribution in [2.75, 3.05) is 36.9 Å². The van der Waals surface area contributed by atoms with E-state index in [1.54, 1.807) is 48.5 Å². The zero-order valence-corrected chi connectivity index (χ0v) is 22.0. The Morgan fingerprint density at radius 1 is 0.919 bits per heavy atom. The average molecular weight is 526 g/mol. The van der Waals surface area contributed by atoms with E-state index in [-0.39, 0.29) is 39.4 Å². The van der Waals surface area contributed by atoms with Crippen LogP contribution in [0.2, 0.25) is 0 Å². The number of nitrogens with zero attached hydrogens (tertiary/aromatic N) is 1. The van der Waals surface area contributed by atoms with Crippen LogP contribution in [0, 0.1) is 5.92 Å². The van der Waals surface area contributed by atoms with E-state index >= 15 is 0 Å². The molecule has 196 valence electrons. The largest absolute Gasteiger partial charge is 0.497 e. The molecule has 0 radical (unpaired) electrons. The normalized spacial score (nSPS) is 11.1. The smallest absolute Gasteiger partial charge is 0.264 e. The molecule has 0 aromatic heterocycles. The Kier molecular flexibility index (Phi) is 9.13. The maximum absolute atomic E-state index is 13.7. The topological polar surface area (TPSA) is 114 Å². The number of carbonyl (C=O) groups is 2. The van der Waals surface area contributed by atoms with E-state index in [1.807, 2.05) is 13.8 Å². The van der Waals surface area contributed by atoms with Gasteiger partial charge < -0.3 is 20.1 Å². The first-order valence-electron chi connectivity index (χ1n) is 11.6. The highest BCUT2D eigenvalue weighted by Gasteiger charge is 2.30. The maximum Gasteiger partial charge on any atom is 0.264 e. The molecule has 3 aromatic rings. The van der Waals surface area contributed by atoms with E-state index in [9.17, 15) is 18.0 Å². The first-order chi connectivity index (χ1) is 17.7. The summed E-state index contributed by atoms with van der Waals surface area (Å²) in [6.45, 7) is 3.86. The van der Waals surface area contributed by atoms with Crippen LogP contribution in [0.5, 0.6) is 11.5 Å². The molecule has 0 aliphatic rings. The van der Waals surface area contributed by atoms with Gasteiger partial charge in [0.15, 0.2) is 0 Å². The van der Waals surface area contributed by atoms with Gasteiger partial charge >= 0.3 is 0 Å². The Bertz CT molecular complexity index is 1340. The number of hydrogen-bond acceptors (Lipinski definition) is 6. The molecule has 3 aromatic carbocycles. The molecule has 9 nitrogen and oxygen atoms in total. The van der Waals surface area contributed by atoms with E-state index < -0.39 is 22.5 Å². The van der Waals surface area contributed by atoms with Crippen molar-refractivity contribution in [3.8, 4) is 11.5 Å². The molecule has 10 heteroatoms. The second kappa shape index (κ2) is 12.3. The molecule has 0 spiro atoms. The molecule has 0 aliphatic carbocycles. The predicted octanol–water partition coefficient (Wildman–Crippen LogP) is 3.92. The van der Waals surface area contributed by atoms with E-state index in [1.165, 1.54) is 38.5 Å². The number of nitrogens with one attached hydrogen (secondary N) is 2. The highest BCUT2D eigenvalue weighted by molar-refractivity contribution is 7.92. The summed E-state index contributed by atoms with van der Waals surface area (Å²) in [7, 11) is -1.28. The maximum atomic E-state index is 13.7. The monoisotopic (exact) mass is 525 g/mol. The fourth-order valence-corrected chi connectivity index (χ4v) is 4.97. The molecule has 0 bridgehead atoms. The number of amides is 2. The minimum Gasteiger partial charge on any atom is -0.497 e. The number of methoxy groups -OCH3 is 2. The number of ether oxygens (including phenoxy) is 2. The van der Waals surface area contributed by atoms with Crippen molar-refractivity contribution in [2.45, 2.75) is 18.7 Å². The minimum absolute atomic E-state index is 0.00846. The van der Waals surface area contributed by atoms with Crippen LogP contribution >= 0.6 is 0 Å². The fraction of sp³-hybridized carbons (Fsp3) is 0.259. The lowest BCUT2D eigenvalue weighted by molar-refractivity contribution is -0.114. The van der Waals surface area contributed by atoms with Gasteiger partial charge in [-0.1, -0.05) is 44.2 Å². The number of rotatable bonds is 11. The molecule has 37 heavy (non-hydrogen) atoms. The molecule has 0 fully saturated rings. The van der Waals surface area contributed by atoms with Gasteiger partial charge in [-0.3, -0.25) is 13.9 Å². The van der Waals surface area contributed by atoms with E-state index in [4.69, 9.17) is 9.47 Å². The van der Waals surface area contributed by atoms with Gasteiger partial charge in [0.25, 0.3) is 15.9 Å².